The van der Waals surface area contributed by atoms with Crippen molar-refractivity contribution < 1.29 is 4.79 Å². The molecule has 0 atom stereocenters. The summed E-state index contributed by atoms with van der Waals surface area (Å²) in [7, 11) is 0. The average Bonchev–Trinajstić information content (AvgIpc) is 2.62. The summed E-state index contributed by atoms with van der Waals surface area (Å²) in [6.07, 6.45) is 32.5. The van der Waals surface area contributed by atoms with E-state index in [9.17, 15) is 4.79 Å². The molecule has 0 aliphatic heterocycles. The Hall–Kier alpha value is -1.89. The third-order valence-electron chi connectivity index (χ3n) is 3.00. The summed E-state index contributed by atoms with van der Waals surface area (Å²) in [4.78, 5) is 10.7. The smallest absolute Gasteiger partial charge is 0.133 e. The molecule has 0 spiro atoms. The van der Waals surface area contributed by atoms with Gasteiger partial charge in [0, 0.05) is 6.42 Å². The molecule has 0 heterocycles. The Balaban J connectivity index is 0. The summed E-state index contributed by atoms with van der Waals surface area (Å²) in [6.45, 7) is 7.76. The first-order chi connectivity index (χ1) is 12.3. The third-order valence-corrected chi connectivity index (χ3v) is 3.00. The fourth-order valence-electron chi connectivity index (χ4n) is 1.77. The third kappa shape index (κ3) is 27.3. The van der Waals surface area contributed by atoms with Crippen LogP contribution in [-0.4, -0.2) is 5.78 Å². The van der Waals surface area contributed by atoms with Gasteiger partial charge < -0.3 is 0 Å². The van der Waals surface area contributed by atoms with E-state index in [4.69, 9.17) is 0 Å². The predicted molar refractivity (Wildman–Crippen MR) is 115 cm³/mol. The number of ketones is 1. The Morgan fingerprint density at radius 1 is 0.560 bits per heavy atom. The summed E-state index contributed by atoms with van der Waals surface area (Å²) in [5.74, 6) is 0.213. The minimum Gasteiger partial charge on any atom is -0.300 e. The molecule has 0 radical (unpaired) electrons. The summed E-state index contributed by atoms with van der Waals surface area (Å²) in [5.41, 5.74) is 0. The van der Waals surface area contributed by atoms with Crippen LogP contribution < -0.4 is 0 Å². The first-order valence-corrected chi connectivity index (χ1v) is 9.66. The molecule has 1 heteroatoms. The van der Waals surface area contributed by atoms with E-state index >= 15 is 0 Å². The number of carbonyl (C=O) groups excluding carboxylic acids is 1. The lowest BCUT2D eigenvalue weighted by Crippen LogP contribution is -1.83. The molecule has 0 aliphatic rings. The first-order valence-electron chi connectivity index (χ1n) is 9.66. The lowest BCUT2D eigenvalue weighted by atomic mass is 10.2. The van der Waals surface area contributed by atoms with E-state index in [1.54, 1.807) is 6.92 Å². The van der Waals surface area contributed by atoms with Crippen molar-refractivity contribution in [1.29, 1.82) is 0 Å². The highest BCUT2D eigenvalue weighted by Gasteiger charge is 1.83. The number of allylic oxidation sites excluding steroid dienone is 12. The SMILES string of the molecule is CC.CC/C=C\C/C=C\C/C=C\C/C=C\C/C=C\C/C=C\CC(C)=O. The second-order valence-corrected chi connectivity index (χ2v) is 5.32. The minimum absolute atomic E-state index is 0.213. The molecule has 0 aliphatic carbocycles. The summed E-state index contributed by atoms with van der Waals surface area (Å²) in [5, 5.41) is 0. The largest absolute Gasteiger partial charge is 0.300 e. The van der Waals surface area contributed by atoms with Crippen LogP contribution in [0.1, 0.15) is 72.6 Å². The van der Waals surface area contributed by atoms with Crippen molar-refractivity contribution in [1.82, 2.24) is 0 Å². The molecule has 0 aromatic heterocycles. The Morgan fingerprint density at radius 2 is 0.840 bits per heavy atom. The second-order valence-electron chi connectivity index (χ2n) is 5.32. The highest BCUT2D eigenvalue weighted by Crippen LogP contribution is 1.96. The number of rotatable bonds is 13. The van der Waals surface area contributed by atoms with E-state index < -0.39 is 0 Å². The van der Waals surface area contributed by atoms with Crippen LogP contribution in [0.4, 0.5) is 0 Å². The molecule has 0 bridgehead atoms. The fraction of sp³-hybridized carbons (Fsp3) is 0.458. The zero-order chi connectivity index (χ0) is 19.0. The first kappa shape index (κ1) is 25.4. The molecule has 25 heavy (non-hydrogen) atoms. The molecule has 0 saturated heterocycles. The van der Waals surface area contributed by atoms with Crippen LogP contribution in [0, 0.1) is 0 Å². The van der Waals surface area contributed by atoms with E-state index in [1.165, 1.54) is 0 Å². The average molecular weight is 343 g/mol. The highest BCUT2D eigenvalue weighted by atomic mass is 16.1. The zero-order valence-electron chi connectivity index (χ0n) is 16.8. The molecule has 0 rings (SSSR count). The van der Waals surface area contributed by atoms with E-state index in [2.05, 4.69) is 67.7 Å². The maximum atomic E-state index is 10.7. The van der Waals surface area contributed by atoms with Crippen molar-refractivity contribution >= 4 is 5.78 Å². The molecular formula is C24H38O. The molecule has 0 fully saturated rings. The lowest BCUT2D eigenvalue weighted by molar-refractivity contribution is -0.116. The van der Waals surface area contributed by atoms with Gasteiger partial charge in [0.25, 0.3) is 0 Å². The minimum atomic E-state index is 0.213. The molecule has 0 N–H and O–H groups in total. The molecule has 0 aromatic rings. The molecular weight excluding hydrogens is 304 g/mol. The van der Waals surface area contributed by atoms with Crippen molar-refractivity contribution in [3.8, 4) is 0 Å². The van der Waals surface area contributed by atoms with Crippen LogP contribution >= 0.6 is 0 Å². The van der Waals surface area contributed by atoms with Gasteiger partial charge in [0.2, 0.25) is 0 Å². The number of hydrogen-bond donors (Lipinski definition) is 0. The van der Waals surface area contributed by atoms with Crippen molar-refractivity contribution in [2.75, 3.05) is 0 Å². The Labute approximate surface area is 156 Å². The van der Waals surface area contributed by atoms with Gasteiger partial charge in [0.05, 0.1) is 0 Å². The Kier molecular flexibility index (Phi) is 24.7. The van der Waals surface area contributed by atoms with Crippen molar-refractivity contribution in [3.63, 3.8) is 0 Å². The molecule has 0 amide bonds. The normalized spacial score (nSPS) is 12.3. The molecule has 0 saturated carbocycles. The second kappa shape index (κ2) is 24.4. The Bertz CT molecular complexity index is 445. The van der Waals surface area contributed by atoms with Crippen molar-refractivity contribution in [3.05, 3.63) is 72.9 Å². The maximum absolute atomic E-state index is 10.7. The molecule has 140 valence electrons. The van der Waals surface area contributed by atoms with Crippen LogP contribution in [-0.2, 0) is 4.79 Å². The van der Waals surface area contributed by atoms with Gasteiger partial charge in [0.1, 0.15) is 5.78 Å². The monoisotopic (exact) mass is 342 g/mol. The van der Waals surface area contributed by atoms with Gasteiger partial charge in [-0.05, 0) is 45.4 Å². The summed E-state index contributed by atoms with van der Waals surface area (Å²) in [6, 6.07) is 0. The Morgan fingerprint density at radius 3 is 1.12 bits per heavy atom. The topological polar surface area (TPSA) is 17.1 Å². The quantitative estimate of drug-likeness (QED) is 0.313. The zero-order valence-corrected chi connectivity index (χ0v) is 16.8. The standard InChI is InChI=1S/C22H32O.C2H6/c1-3-4-5-6-7-8-9-10-11-12-13-14-15-16-17-18-19-20-21-22(2)23;1-2/h4-5,7-8,10-11,13-14,16-17,19-20H,3,6,9,12,15,18,21H2,1-2H3;1-2H3/b5-4-,8-7-,11-10-,14-13-,17-16-,20-19-;. The van der Waals surface area contributed by atoms with Crippen molar-refractivity contribution in [2.24, 2.45) is 0 Å². The molecule has 0 aromatic carbocycles. The lowest BCUT2D eigenvalue weighted by Gasteiger charge is -1.86. The van der Waals surface area contributed by atoms with Crippen LogP contribution in [0.25, 0.3) is 0 Å². The van der Waals surface area contributed by atoms with Crippen molar-refractivity contribution in [2.45, 2.75) is 72.6 Å². The van der Waals surface area contributed by atoms with Crippen LogP contribution in [0.2, 0.25) is 0 Å². The van der Waals surface area contributed by atoms with Gasteiger partial charge in [-0.1, -0.05) is 93.7 Å². The van der Waals surface area contributed by atoms with E-state index in [-0.39, 0.29) is 5.78 Å². The van der Waals surface area contributed by atoms with Gasteiger partial charge in [-0.15, -0.1) is 0 Å². The van der Waals surface area contributed by atoms with E-state index in [0.717, 1.165) is 38.5 Å². The number of carbonyl (C=O) groups is 1. The predicted octanol–water partition coefficient (Wildman–Crippen LogP) is 7.69. The van der Waals surface area contributed by atoms with Crippen LogP contribution in [0.5, 0.6) is 0 Å². The number of Topliss-reactive ketones (excluding diaryl/α,β-unsaturated/α-hetero) is 1. The number of hydrogen-bond acceptors (Lipinski definition) is 1. The maximum Gasteiger partial charge on any atom is 0.133 e. The van der Waals surface area contributed by atoms with Gasteiger partial charge in [-0.25, -0.2) is 0 Å². The molecule has 0 unspecified atom stereocenters. The van der Waals surface area contributed by atoms with Gasteiger partial charge >= 0.3 is 0 Å². The molecule has 1 nitrogen and oxygen atoms in total. The summed E-state index contributed by atoms with van der Waals surface area (Å²) >= 11 is 0. The fourth-order valence-corrected chi connectivity index (χ4v) is 1.77. The van der Waals surface area contributed by atoms with Gasteiger partial charge in [0.15, 0.2) is 0 Å². The highest BCUT2D eigenvalue weighted by molar-refractivity contribution is 5.76. The van der Waals surface area contributed by atoms with Gasteiger partial charge in [-0.2, -0.15) is 0 Å². The summed E-state index contributed by atoms with van der Waals surface area (Å²) < 4.78 is 0. The van der Waals surface area contributed by atoms with E-state index in [1.807, 2.05) is 26.0 Å². The van der Waals surface area contributed by atoms with Gasteiger partial charge in [-0.3, -0.25) is 4.79 Å². The van der Waals surface area contributed by atoms with Crippen LogP contribution in [0.15, 0.2) is 72.9 Å². The van der Waals surface area contributed by atoms with E-state index in [0.29, 0.717) is 6.42 Å². The van der Waals surface area contributed by atoms with Crippen LogP contribution in [0.3, 0.4) is 0 Å².